The topological polar surface area (TPSA) is 31.4 Å². The molecule has 3 rings (SSSR count). The van der Waals surface area contributed by atoms with Gasteiger partial charge in [-0.25, -0.2) is 0 Å². The number of aryl methyl sites for hydroxylation is 1. The summed E-state index contributed by atoms with van der Waals surface area (Å²) in [6, 6.07) is 10.4. The van der Waals surface area contributed by atoms with Crippen LogP contribution in [0.4, 0.5) is 0 Å². The van der Waals surface area contributed by atoms with Gasteiger partial charge in [-0.05, 0) is 57.3 Å². The molecule has 114 valence electrons. The van der Waals surface area contributed by atoms with Crippen LogP contribution >= 0.6 is 0 Å². The van der Waals surface area contributed by atoms with E-state index in [4.69, 9.17) is 9.31 Å². The van der Waals surface area contributed by atoms with Crippen LogP contribution in [0.25, 0.3) is 11.1 Å². The monoisotopic (exact) mass is 295 g/mol. The number of benzene rings is 1. The lowest BCUT2D eigenvalue weighted by Gasteiger charge is -2.32. The van der Waals surface area contributed by atoms with Gasteiger partial charge in [-0.15, -0.1) is 0 Å². The van der Waals surface area contributed by atoms with E-state index in [2.05, 4.69) is 63.9 Å². The van der Waals surface area contributed by atoms with E-state index in [0.29, 0.717) is 0 Å². The maximum Gasteiger partial charge on any atom is 0.494 e. The lowest BCUT2D eigenvalue weighted by Crippen LogP contribution is -2.41. The van der Waals surface area contributed by atoms with Gasteiger partial charge in [-0.1, -0.05) is 24.3 Å². The molecule has 1 aromatic carbocycles. The van der Waals surface area contributed by atoms with Crippen LogP contribution < -0.4 is 5.46 Å². The van der Waals surface area contributed by atoms with Crippen molar-refractivity contribution in [3.63, 3.8) is 0 Å². The molecule has 0 aliphatic carbocycles. The van der Waals surface area contributed by atoms with Gasteiger partial charge < -0.3 is 9.31 Å². The van der Waals surface area contributed by atoms with Gasteiger partial charge >= 0.3 is 7.12 Å². The van der Waals surface area contributed by atoms with Crippen molar-refractivity contribution in [2.24, 2.45) is 0 Å². The number of aromatic nitrogens is 1. The van der Waals surface area contributed by atoms with Gasteiger partial charge in [0.2, 0.25) is 0 Å². The Morgan fingerprint density at radius 3 is 2.23 bits per heavy atom. The van der Waals surface area contributed by atoms with Crippen molar-refractivity contribution in [3.05, 3.63) is 48.3 Å². The number of pyridine rings is 1. The molecule has 1 aromatic heterocycles. The van der Waals surface area contributed by atoms with E-state index in [1.165, 1.54) is 0 Å². The standard InChI is InChI=1S/C18H22BNO2/c1-13-9-15(12-20-11-13)14-7-6-8-16(10-14)19-21-17(2,3)18(4,5)22-19/h6-12H,1-5H3. The summed E-state index contributed by atoms with van der Waals surface area (Å²) in [5.41, 5.74) is 3.79. The predicted octanol–water partition coefficient (Wildman–Crippen LogP) is 3.36. The minimum Gasteiger partial charge on any atom is -0.399 e. The molecule has 1 fully saturated rings. The lowest BCUT2D eigenvalue weighted by atomic mass is 9.78. The Bertz CT molecular complexity index is 681. The molecule has 2 heterocycles. The molecule has 0 unspecified atom stereocenters. The Morgan fingerprint density at radius 2 is 1.59 bits per heavy atom. The van der Waals surface area contributed by atoms with Crippen LogP contribution in [0.2, 0.25) is 0 Å². The third-order valence-electron chi connectivity index (χ3n) is 4.62. The maximum absolute atomic E-state index is 6.13. The fraction of sp³-hybridized carbons (Fsp3) is 0.389. The number of hydrogen-bond donors (Lipinski definition) is 0. The summed E-state index contributed by atoms with van der Waals surface area (Å²) in [7, 11) is -0.331. The zero-order valence-electron chi connectivity index (χ0n) is 13.9. The summed E-state index contributed by atoms with van der Waals surface area (Å²) >= 11 is 0. The van der Waals surface area contributed by atoms with Gasteiger partial charge in [0.05, 0.1) is 11.2 Å². The molecule has 0 N–H and O–H groups in total. The number of rotatable bonds is 2. The third kappa shape index (κ3) is 2.69. The summed E-state index contributed by atoms with van der Waals surface area (Å²) in [6.07, 6.45) is 3.75. The van der Waals surface area contributed by atoms with E-state index in [0.717, 1.165) is 22.2 Å². The van der Waals surface area contributed by atoms with Crippen molar-refractivity contribution in [1.29, 1.82) is 0 Å². The van der Waals surface area contributed by atoms with Crippen molar-refractivity contribution >= 4 is 12.6 Å². The van der Waals surface area contributed by atoms with E-state index in [9.17, 15) is 0 Å². The zero-order chi connectivity index (χ0) is 16.0. The maximum atomic E-state index is 6.13. The summed E-state index contributed by atoms with van der Waals surface area (Å²) < 4.78 is 12.3. The van der Waals surface area contributed by atoms with Gasteiger partial charge in [-0.2, -0.15) is 0 Å². The van der Waals surface area contributed by atoms with Crippen molar-refractivity contribution in [1.82, 2.24) is 4.98 Å². The molecule has 4 heteroatoms. The zero-order valence-corrected chi connectivity index (χ0v) is 13.9. The van der Waals surface area contributed by atoms with E-state index in [1.54, 1.807) is 0 Å². The number of hydrogen-bond acceptors (Lipinski definition) is 3. The van der Waals surface area contributed by atoms with E-state index in [-0.39, 0.29) is 18.3 Å². The first-order valence-corrected chi connectivity index (χ1v) is 7.66. The number of nitrogens with zero attached hydrogens (tertiary/aromatic N) is 1. The van der Waals surface area contributed by atoms with E-state index in [1.807, 2.05) is 18.5 Å². The average molecular weight is 295 g/mol. The Labute approximate surface area is 132 Å². The van der Waals surface area contributed by atoms with Gasteiger partial charge in [0.15, 0.2) is 0 Å². The summed E-state index contributed by atoms with van der Waals surface area (Å²) in [6.45, 7) is 10.3. The van der Waals surface area contributed by atoms with Gasteiger partial charge in [-0.3, -0.25) is 4.98 Å². The Kier molecular flexibility index (Phi) is 3.62. The molecule has 0 spiro atoms. The first-order chi connectivity index (χ1) is 10.3. The molecule has 0 radical (unpaired) electrons. The first-order valence-electron chi connectivity index (χ1n) is 7.66. The molecule has 1 aliphatic heterocycles. The predicted molar refractivity (Wildman–Crippen MR) is 90.1 cm³/mol. The second kappa shape index (κ2) is 5.22. The fourth-order valence-electron chi connectivity index (χ4n) is 2.56. The molecule has 0 atom stereocenters. The normalized spacial score (nSPS) is 19.4. The highest BCUT2D eigenvalue weighted by atomic mass is 16.7. The highest BCUT2D eigenvalue weighted by molar-refractivity contribution is 6.62. The van der Waals surface area contributed by atoms with Crippen LogP contribution in [-0.2, 0) is 9.31 Å². The van der Waals surface area contributed by atoms with Gasteiger partial charge in [0.25, 0.3) is 0 Å². The largest absolute Gasteiger partial charge is 0.494 e. The highest BCUT2D eigenvalue weighted by Gasteiger charge is 2.51. The Balaban J connectivity index is 1.93. The summed E-state index contributed by atoms with van der Waals surface area (Å²) in [4.78, 5) is 4.27. The van der Waals surface area contributed by atoms with Crippen molar-refractivity contribution in [3.8, 4) is 11.1 Å². The Hall–Kier alpha value is -1.65. The molecule has 0 saturated carbocycles. The minimum absolute atomic E-state index is 0.321. The molecule has 1 saturated heterocycles. The quantitative estimate of drug-likeness (QED) is 0.796. The summed E-state index contributed by atoms with van der Waals surface area (Å²) in [5.74, 6) is 0. The lowest BCUT2D eigenvalue weighted by molar-refractivity contribution is 0.00578. The van der Waals surface area contributed by atoms with Crippen molar-refractivity contribution in [2.75, 3.05) is 0 Å². The molecular weight excluding hydrogens is 273 g/mol. The van der Waals surface area contributed by atoms with Crippen molar-refractivity contribution in [2.45, 2.75) is 45.8 Å². The summed E-state index contributed by atoms with van der Waals surface area (Å²) in [5, 5.41) is 0. The van der Waals surface area contributed by atoms with Crippen LogP contribution in [0.1, 0.15) is 33.3 Å². The van der Waals surface area contributed by atoms with Crippen LogP contribution in [0.3, 0.4) is 0 Å². The van der Waals surface area contributed by atoms with Gasteiger partial charge in [0.1, 0.15) is 0 Å². The SMILES string of the molecule is Cc1cncc(-c2cccc(B3OC(C)(C)C(C)(C)O3)c2)c1. The van der Waals surface area contributed by atoms with E-state index >= 15 is 0 Å². The molecule has 0 amide bonds. The molecule has 3 nitrogen and oxygen atoms in total. The molecule has 0 bridgehead atoms. The average Bonchev–Trinajstić information content (AvgIpc) is 2.68. The third-order valence-corrected chi connectivity index (χ3v) is 4.62. The molecule has 2 aromatic rings. The molecule has 1 aliphatic rings. The first kappa shape index (κ1) is 15.3. The minimum atomic E-state index is -0.331. The van der Waals surface area contributed by atoms with Crippen molar-refractivity contribution < 1.29 is 9.31 Å². The van der Waals surface area contributed by atoms with Crippen LogP contribution in [0.5, 0.6) is 0 Å². The smallest absolute Gasteiger partial charge is 0.399 e. The molecular formula is C18H22BNO2. The second-order valence-electron chi connectivity index (χ2n) is 6.96. The van der Waals surface area contributed by atoms with E-state index < -0.39 is 0 Å². The van der Waals surface area contributed by atoms with Crippen LogP contribution in [0, 0.1) is 6.92 Å². The second-order valence-corrected chi connectivity index (χ2v) is 6.96. The highest BCUT2D eigenvalue weighted by Crippen LogP contribution is 2.36. The van der Waals surface area contributed by atoms with Crippen LogP contribution in [-0.4, -0.2) is 23.3 Å². The molecule has 22 heavy (non-hydrogen) atoms. The fourth-order valence-corrected chi connectivity index (χ4v) is 2.56. The Morgan fingerprint density at radius 1 is 0.909 bits per heavy atom. The van der Waals surface area contributed by atoms with Crippen LogP contribution in [0.15, 0.2) is 42.7 Å². The van der Waals surface area contributed by atoms with Gasteiger partial charge in [0, 0.05) is 18.0 Å².